The van der Waals surface area contributed by atoms with Gasteiger partial charge in [0.15, 0.2) is 0 Å². The van der Waals surface area contributed by atoms with Gasteiger partial charge in [-0.25, -0.2) is 0 Å². The minimum atomic E-state index is 0.950. The van der Waals surface area contributed by atoms with Crippen LogP contribution in [0, 0.1) is 0 Å². The molecule has 3 nitrogen and oxygen atoms in total. The van der Waals surface area contributed by atoms with Gasteiger partial charge < -0.3 is 15.6 Å². The van der Waals surface area contributed by atoms with Crippen molar-refractivity contribution in [2.24, 2.45) is 0 Å². The molecule has 0 radical (unpaired) electrons. The third kappa shape index (κ3) is 3.20. The van der Waals surface area contributed by atoms with Gasteiger partial charge in [-0.3, -0.25) is 0 Å². The molecule has 0 saturated heterocycles. The summed E-state index contributed by atoms with van der Waals surface area (Å²) < 4.78 is 0. The predicted molar refractivity (Wildman–Crippen MR) is 46.4 cm³/mol. The Bertz CT molecular complexity index is 169. The van der Waals surface area contributed by atoms with Gasteiger partial charge in [-0.15, -0.1) is 0 Å². The van der Waals surface area contributed by atoms with Gasteiger partial charge in [0.2, 0.25) is 0 Å². The van der Waals surface area contributed by atoms with E-state index in [4.69, 9.17) is 0 Å². The lowest BCUT2D eigenvalue weighted by atomic mass is 10.3. The molecule has 1 heterocycles. The van der Waals surface area contributed by atoms with Gasteiger partial charge >= 0.3 is 0 Å². The van der Waals surface area contributed by atoms with Gasteiger partial charge in [-0.05, 0) is 18.7 Å². The van der Waals surface area contributed by atoms with Crippen molar-refractivity contribution in [3.63, 3.8) is 0 Å². The third-order valence-electron chi connectivity index (χ3n) is 1.54. The van der Waals surface area contributed by atoms with Crippen molar-refractivity contribution in [2.75, 3.05) is 20.1 Å². The molecule has 0 aliphatic carbocycles. The van der Waals surface area contributed by atoms with Crippen molar-refractivity contribution in [3.05, 3.63) is 24.0 Å². The predicted octanol–water partition coefficient (Wildman–Crippen LogP) is 0.324. The van der Waals surface area contributed by atoms with E-state index in [1.54, 1.807) is 0 Å². The molecule has 11 heavy (non-hydrogen) atoms. The Morgan fingerprint density at radius 3 is 3.00 bits per heavy atom. The van der Waals surface area contributed by atoms with Gasteiger partial charge in [-0.1, -0.05) is 0 Å². The van der Waals surface area contributed by atoms with E-state index in [1.165, 1.54) is 5.56 Å². The van der Waals surface area contributed by atoms with Crippen molar-refractivity contribution in [1.29, 1.82) is 0 Å². The summed E-state index contributed by atoms with van der Waals surface area (Å²) in [4.78, 5) is 3.02. The van der Waals surface area contributed by atoms with Crippen molar-refractivity contribution in [1.82, 2.24) is 15.6 Å². The molecule has 0 bridgehead atoms. The van der Waals surface area contributed by atoms with Crippen molar-refractivity contribution in [2.45, 2.75) is 6.54 Å². The topological polar surface area (TPSA) is 39.8 Å². The van der Waals surface area contributed by atoms with Gasteiger partial charge in [0.25, 0.3) is 0 Å². The summed E-state index contributed by atoms with van der Waals surface area (Å²) in [6.45, 7) is 2.98. The maximum atomic E-state index is 3.31. The van der Waals surface area contributed by atoms with Crippen LogP contribution in [0.1, 0.15) is 5.56 Å². The molecule has 3 N–H and O–H groups in total. The number of nitrogens with one attached hydrogen (secondary N) is 3. The van der Waals surface area contributed by atoms with Crippen LogP contribution in [0.2, 0.25) is 0 Å². The molecular formula is C8H15N3. The van der Waals surface area contributed by atoms with Crippen LogP contribution in [0.15, 0.2) is 18.5 Å². The Morgan fingerprint density at radius 2 is 2.36 bits per heavy atom. The van der Waals surface area contributed by atoms with Crippen LogP contribution >= 0.6 is 0 Å². The average Bonchev–Trinajstić information content (AvgIpc) is 2.50. The van der Waals surface area contributed by atoms with Crippen LogP contribution in [-0.4, -0.2) is 25.1 Å². The Balaban J connectivity index is 2.04. The van der Waals surface area contributed by atoms with E-state index in [0.717, 1.165) is 19.6 Å². The highest BCUT2D eigenvalue weighted by Gasteiger charge is 1.89. The second kappa shape index (κ2) is 4.93. The molecule has 0 aliphatic heterocycles. The fraction of sp³-hybridized carbons (Fsp3) is 0.500. The third-order valence-corrected chi connectivity index (χ3v) is 1.54. The van der Waals surface area contributed by atoms with Gasteiger partial charge in [0.1, 0.15) is 0 Å². The molecule has 0 atom stereocenters. The number of aromatic amines is 1. The summed E-state index contributed by atoms with van der Waals surface area (Å²) in [5, 5.41) is 6.38. The zero-order valence-electron chi connectivity index (χ0n) is 6.85. The largest absolute Gasteiger partial charge is 0.367 e. The average molecular weight is 153 g/mol. The van der Waals surface area contributed by atoms with Gasteiger partial charge in [0, 0.05) is 32.0 Å². The number of rotatable bonds is 5. The minimum Gasteiger partial charge on any atom is -0.367 e. The number of hydrogen-bond acceptors (Lipinski definition) is 2. The van der Waals surface area contributed by atoms with Crippen LogP contribution in [-0.2, 0) is 6.54 Å². The first-order valence-electron chi connectivity index (χ1n) is 3.90. The standard InChI is InChI=1S/C8H15N3/c1-9-4-5-11-7-8-2-3-10-6-8/h2-3,6,9-11H,4-5,7H2,1H3. The lowest BCUT2D eigenvalue weighted by Gasteiger charge is -2.00. The zero-order chi connectivity index (χ0) is 7.94. The Kier molecular flexibility index (Phi) is 3.72. The maximum Gasteiger partial charge on any atom is 0.0220 e. The highest BCUT2D eigenvalue weighted by molar-refractivity contribution is 5.07. The Morgan fingerprint density at radius 1 is 1.45 bits per heavy atom. The summed E-state index contributed by atoms with van der Waals surface area (Å²) in [7, 11) is 1.96. The van der Waals surface area contributed by atoms with E-state index < -0.39 is 0 Å². The molecule has 0 unspecified atom stereocenters. The molecule has 0 aliphatic rings. The summed E-state index contributed by atoms with van der Waals surface area (Å²) in [6.07, 6.45) is 3.95. The zero-order valence-corrected chi connectivity index (χ0v) is 6.85. The van der Waals surface area contributed by atoms with E-state index in [2.05, 4.69) is 21.7 Å². The first kappa shape index (κ1) is 8.30. The molecule has 0 spiro atoms. The molecule has 3 heteroatoms. The van der Waals surface area contributed by atoms with Crippen LogP contribution in [0.3, 0.4) is 0 Å². The van der Waals surface area contributed by atoms with Crippen molar-refractivity contribution in [3.8, 4) is 0 Å². The fourth-order valence-corrected chi connectivity index (χ4v) is 0.914. The lowest BCUT2D eigenvalue weighted by molar-refractivity contribution is 0.651. The quantitative estimate of drug-likeness (QED) is 0.533. The summed E-state index contributed by atoms with van der Waals surface area (Å²) in [5.41, 5.74) is 1.31. The molecule has 1 aromatic rings. The van der Waals surface area contributed by atoms with Crippen LogP contribution in [0.5, 0.6) is 0 Å². The lowest BCUT2D eigenvalue weighted by Crippen LogP contribution is -2.24. The Hall–Kier alpha value is -0.800. The second-order valence-electron chi connectivity index (χ2n) is 2.50. The molecule has 0 fully saturated rings. The van der Waals surface area contributed by atoms with E-state index in [-0.39, 0.29) is 0 Å². The monoisotopic (exact) mass is 153 g/mol. The first-order valence-corrected chi connectivity index (χ1v) is 3.90. The summed E-state index contributed by atoms with van der Waals surface area (Å²) in [6, 6.07) is 2.08. The number of aromatic nitrogens is 1. The maximum absolute atomic E-state index is 3.31. The highest BCUT2D eigenvalue weighted by Crippen LogP contribution is 1.93. The summed E-state index contributed by atoms with van der Waals surface area (Å²) in [5.74, 6) is 0. The van der Waals surface area contributed by atoms with E-state index >= 15 is 0 Å². The molecule has 0 amide bonds. The van der Waals surface area contributed by atoms with Crippen molar-refractivity contribution >= 4 is 0 Å². The molecule has 1 rings (SSSR count). The van der Waals surface area contributed by atoms with Crippen LogP contribution < -0.4 is 10.6 Å². The van der Waals surface area contributed by atoms with Gasteiger partial charge in [0.05, 0.1) is 0 Å². The number of likely N-dealkylation sites (N-methyl/N-ethyl adjacent to an activating group) is 1. The highest BCUT2D eigenvalue weighted by atomic mass is 14.9. The van der Waals surface area contributed by atoms with Gasteiger partial charge in [-0.2, -0.15) is 0 Å². The molecule has 0 saturated carbocycles. The summed E-state index contributed by atoms with van der Waals surface area (Å²) >= 11 is 0. The molecule has 1 aromatic heterocycles. The molecular weight excluding hydrogens is 138 g/mol. The van der Waals surface area contributed by atoms with Crippen molar-refractivity contribution < 1.29 is 0 Å². The van der Waals surface area contributed by atoms with E-state index in [9.17, 15) is 0 Å². The van der Waals surface area contributed by atoms with Crippen LogP contribution in [0.25, 0.3) is 0 Å². The first-order chi connectivity index (χ1) is 5.43. The normalized spacial score (nSPS) is 10.3. The smallest absolute Gasteiger partial charge is 0.0220 e. The number of H-pyrrole nitrogens is 1. The fourth-order valence-electron chi connectivity index (χ4n) is 0.914. The second-order valence-corrected chi connectivity index (χ2v) is 2.50. The molecule has 62 valence electrons. The molecule has 0 aromatic carbocycles. The SMILES string of the molecule is CNCCNCc1cc[nH]c1. The van der Waals surface area contributed by atoms with Crippen LogP contribution in [0.4, 0.5) is 0 Å². The Labute approximate surface area is 67.2 Å². The number of hydrogen-bond donors (Lipinski definition) is 3. The van der Waals surface area contributed by atoms with E-state index in [1.807, 2.05) is 19.4 Å². The van der Waals surface area contributed by atoms with E-state index in [0.29, 0.717) is 0 Å². The minimum absolute atomic E-state index is 0.950.